The van der Waals surface area contributed by atoms with Gasteiger partial charge in [0.2, 0.25) is 0 Å². The molecule has 1 heterocycles. The maximum Gasteiger partial charge on any atom is 0.0814 e. The molecular weight excluding hydrogens is 76.9 g/mol. The number of hydrogen-bond acceptors (Lipinski definition) is 2. The zero-order valence-corrected chi connectivity index (χ0v) is 3.03. The molecule has 1 aliphatic rings. The molecule has 2 nitrogen and oxygen atoms in total. The number of hydroxylamine groups is 1. The van der Waals surface area contributed by atoms with Crippen LogP contribution in [-0.4, -0.2) is 21.6 Å². The molecule has 6 heavy (non-hydrogen) atoms. The molecule has 0 saturated carbocycles. The van der Waals surface area contributed by atoms with E-state index in [2.05, 4.69) is 5.48 Å². The molecule has 1 saturated heterocycles. The zero-order valence-electron chi connectivity index (χ0n) is 3.03. The molecule has 0 amide bonds. The van der Waals surface area contributed by atoms with Crippen molar-refractivity contribution in [3.8, 4) is 0 Å². The lowest BCUT2D eigenvalue weighted by molar-refractivity contribution is 0.103. The highest BCUT2D eigenvalue weighted by molar-refractivity contribution is 5.75. The van der Waals surface area contributed by atoms with E-state index in [1.54, 1.807) is 0 Å². The molecule has 1 N–H and O–H groups in total. The summed E-state index contributed by atoms with van der Waals surface area (Å²) in [4.78, 5) is 4.69. The Hall–Kier alpha value is -0.0151. The zero-order chi connectivity index (χ0) is 3.54. The van der Waals surface area contributed by atoms with Crippen LogP contribution in [-0.2, 0) is 4.84 Å². The lowest BCUT2D eigenvalue weighted by Gasteiger charge is -1.80. The van der Waals surface area contributed by atoms with Crippen LogP contribution in [0.15, 0.2) is 0 Å². The van der Waals surface area contributed by atoms with Crippen molar-refractivity contribution >= 4 is 8.41 Å². The van der Waals surface area contributed by atoms with Crippen LogP contribution in [0.2, 0.25) is 0 Å². The van der Waals surface area contributed by atoms with E-state index in [-0.39, 0.29) is 8.41 Å². The van der Waals surface area contributed by atoms with Crippen LogP contribution in [0.1, 0.15) is 6.42 Å². The third kappa shape index (κ3) is 1.43. The molecule has 0 radical (unpaired) electrons. The fourth-order valence-electron chi connectivity index (χ4n) is 0.361. The first kappa shape index (κ1) is 5.98. The molecule has 0 bridgehead atoms. The van der Waals surface area contributed by atoms with E-state index in [4.69, 9.17) is 4.84 Å². The Morgan fingerprint density at radius 3 is 2.50 bits per heavy atom. The Bertz CT molecular complexity index is 22.4. The Balaban J connectivity index is 0.000000250. The van der Waals surface area contributed by atoms with E-state index in [9.17, 15) is 0 Å². The Morgan fingerprint density at radius 2 is 2.33 bits per heavy atom. The average Bonchev–Trinajstić information content (AvgIpc) is 1.76. The topological polar surface area (TPSA) is 21.3 Å². The average molecular weight is 86.9 g/mol. The molecule has 0 aromatic carbocycles. The summed E-state index contributed by atoms with van der Waals surface area (Å²) >= 11 is 0. The van der Waals surface area contributed by atoms with Crippen LogP contribution in [0.5, 0.6) is 0 Å². The van der Waals surface area contributed by atoms with Gasteiger partial charge in [-0.1, -0.05) is 0 Å². The summed E-state index contributed by atoms with van der Waals surface area (Å²) in [6.45, 7) is 1.92. The minimum Gasteiger partial charge on any atom is -0.302 e. The van der Waals surface area contributed by atoms with E-state index in [1.807, 2.05) is 0 Å². The number of hydrogen-bond donors (Lipinski definition) is 1. The van der Waals surface area contributed by atoms with Crippen molar-refractivity contribution in [3.05, 3.63) is 0 Å². The van der Waals surface area contributed by atoms with Gasteiger partial charge in [0.1, 0.15) is 0 Å². The summed E-state index contributed by atoms with van der Waals surface area (Å²) in [5, 5.41) is 0. The molecule has 0 spiro atoms. The summed E-state index contributed by atoms with van der Waals surface area (Å²) < 4.78 is 0. The fraction of sp³-hybridized carbons (Fsp3) is 1.00. The molecular formula is C3H10BNO. The lowest BCUT2D eigenvalue weighted by Crippen LogP contribution is -2.01. The molecule has 0 aromatic heterocycles. The predicted molar refractivity (Wildman–Crippen MR) is 28.5 cm³/mol. The van der Waals surface area contributed by atoms with E-state index >= 15 is 0 Å². The van der Waals surface area contributed by atoms with Crippen LogP contribution in [0.25, 0.3) is 0 Å². The third-order valence-corrected chi connectivity index (χ3v) is 0.627. The normalized spacial score (nSPS) is 20.0. The molecule has 1 rings (SSSR count). The van der Waals surface area contributed by atoms with Gasteiger partial charge in [-0.25, -0.2) is 5.48 Å². The van der Waals surface area contributed by atoms with Crippen molar-refractivity contribution in [3.63, 3.8) is 0 Å². The van der Waals surface area contributed by atoms with E-state index in [0.29, 0.717) is 0 Å². The first-order chi connectivity index (χ1) is 2.50. The summed E-state index contributed by atoms with van der Waals surface area (Å²) in [6, 6.07) is 0. The van der Waals surface area contributed by atoms with Crippen LogP contribution < -0.4 is 5.48 Å². The Morgan fingerprint density at radius 1 is 1.50 bits per heavy atom. The molecule has 1 aliphatic heterocycles. The molecule has 1 fully saturated rings. The van der Waals surface area contributed by atoms with Crippen LogP contribution in [0.3, 0.4) is 0 Å². The fourth-order valence-corrected chi connectivity index (χ4v) is 0.361. The van der Waals surface area contributed by atoms with Gasteiger partial charge in [-0.15, -0.1) is 0 Å². The van der Waals surface area contributed by atoms with Crippen molar-refractivity contribution in [2.24, 2.45) is 0 Å². The Labute approximate surface area is 39.4 Å². The molecule has 36 valence electrons. The van der Waals surface area contributed by atoms with Gasteiger partial charge in [-0.05, 0) is 6.42 Å². The highest BCUT2D eigenvalue weighted by Crippen LogP contribution is 1.83. The maximum absolute atomic E-state index is 4.69. The van der Waals surface area contributed by atoms with Gasteiger partial charge in [-0.2, -0.15) is 0 Å². The smallest absolute Gasteiger partial charge is 0.0814 e. The van der Waals surface area contributed by atoms with Gasteiger partial charge >= 0.3 is 0 Å². The summed E-state index contributed by atoms with van der Waals surface area (Å²) in [6.07, 6.45) is 1.17. The SMILES string of the molecule is B.C1CNOC1. The molecule has 0 atom stereocenters. The Kier molecular flexibility index (Phi) is 3.18. The van der Waals surface area contributed by atoms with Crippen LogP contribution in [0.4, 0.5) is 0 Å². The van der Waals surface area contributed by atoms with E-state index < -0.39 is 0 Å². The van der Waals surface area contributed by atoms with Crippen LogP contribution >= 0.6 is 0 Å². The first-order valence-electron chi connectivity index (χ1n) is 1.85. The largest absolute Gasteiger partial charge is 0.302 e. The van der Waals surface area contributed by atoms with Gasteiger partial charge in [0.25, 0.3) is 0 Å². The number of rotatable bonds is 0. The van der Waals surface area contributed by atoms with Gasteiger partial charge in [-0.3, -0.25) is 0 Å². The molecule has 3 heteroatoms. The molecule has 0 aliphatic carbocycles. The number of nitrogens with one attached hydrogen (secondary N) is 1. The van der Waals surface area contributed by atoms with Gasteiger partial charge in [0.15, 0.2) is 0 Å². The quantitative estimate of drug-likeness (QED) is 0.372. The third-order valence-electron chi connectivity index (χ3n) is 0.627. The van der Waals surface area contributed by atoms with Crippen molar-refractivity contribution in [2.45, 2.75) is 6.42 Å². The second-order valence-electron chi connectivity index (χ2n) is 1.10. The van der Waals surface area contributed by atoms with Gasteiger partial charge in [0, 0.05) is 6.54 Å². The lowest BCUT2D eigenvalue weighted by atomic mass is 10.5. The minimum absolute atomic E-state index is 0. The van der Waals surface area contributed by atoms with Gasteiger partial charge in [0.05, 0.1) is 15.0 Å². The monoisotopic (exact) mass is 87.1 g/mol. The first-order valence-corrected chi connectivity index (χ1v) is 1.85. The second kappa shape index (κ2) is 3.19. The van der Waals surface area contributed by atoms with Crippen LogP contribution in [0, 0.1) is 0 Å². The van der Waals surface area contributed by atoms with Crippen molar-refractivity contribution in [1.29, 1.82) is 0 Å². The standard InChI is InChI=1S/C3H7NO.BH3/c1-2-4-5-3-1;/h4H,1-3H2;1H3. The van der Waals surface area contributed by atoms with Crippen molar-refractivity contribution in [2.75, 3.05) is 13.2 Å². The van der Waals surface area contributed by atoms with E-state index in [1.165, 1.54) is 6.42 Å². The summed E-state index contributed by atoms with van der Waals surface area (Å²) in [7, 11) is 0. The second-order valence-corrected chi connectivity index (χ2v) is 1.10. The maximum atomic E-state index is 4.69. The van der Waals surface area contributed by atoms with Crippen molar-refractivity contribution in [1.82, 2.24) is 5.48 Å². The molecule has 0 aromatic rings. The molecule has 0 unspecified atom stereocenters. The highest BCUT2D eigenvalue weighted by Gasteiger charge is 1.93. The van der Waals surface area contributed by atoms with Crippen molar-refractivity contribution < 1.29 is 4.84 Å². The summed E-state index contributed by atoms with van der Waals surface area (Å²) in [5.41, 5.74) is 2.72. The minimum atomic E-state index is 0. The predicted octanol–water partition coefficient (Wildman–Crippen LogP) is -1.27. The summed E-state index contributed by atoms with van der Waals surface area (Å²) in [5.74, 6) is 0. The van der Waals surface area contributed by atoms with Gasteiger partial charge < -0.3 is 4.84 Å². The highest BCUT2D eigenvalue weighted by atomic mass is 16.6. The van der Waals surface area contributed by atoms with E-state index in [0.717, 1.165) is 13.2 Å².